The van der Waals surface area contributed by atoms with Gasteiger partial charge in [-0.25, -0.2) is 9.36 Å². The lowest BCUT2D eigenvalue weighted by atomic mass is 10.2. The number of aromatic amines is 1. The van der Waals surface area contributed by atoms with E-state index in [2.05, 4.69) is 11.9 Å². The number of nitrogens with one attached hydrogen (secondary N) is 1. The molecule has 0 saturated heterocycles. The summed E-state index contributed by atoms with van der Waals surface area (Å²) in [7, 11) is 1.58. The molecule has 19 heavy (non-hydrogen) atoms. The molecule has 102 valence electrons. The summed E-state index contributed by atoms with van der Waals surface area (Å²) in [6, 6.07) is 6.97. The molecule has 5 heteroatoms. The minimum atomic E-state index is -0.325. The van der Waals surface area contributed by atoms with Gasteiger partial charge in [0.1, 0.15) is 5.75 Å². The Hall–Kier alpha value is -2.17. The third kappa shape index (κ3) is 2.65. The van der Waals surface area contributed by atoms with Crippen LogP contribution >= 0.6 is 0 Å². The van der Waals surface area contributed by atoms with E-state index in [1.165, 1.54) is 4.57 Å². The smallest absolute Gasteiger partial charge is 0.333 e. The van der Waals surface area contributed by atoms with Gasteiger partial charge in [-0.05, 0) is 37.1 Å². The van der Waals surface area contributed by atoms with E-state index in [9.17, 15) is 9.90 Å². The first-order valence-electron chi connectivity index (χ1n) is 6.34. The van der Waals surface area contributed by atoms with E-state index in [-0.39, 0.29) is 11.6 Å². The van der Waals surface area contributed by atoms with Crippen molar-refractivity contribution in [2.45, 2.75) is 26.2 Å². The SMILES string of the molecule is CCCCc1[nH]c(=O)n(-c2ccc(OC)cc2)c1O. The average molecular weight is 262 g/mol. The Balaban J connectivity index is 2.38. The Morgan fingerprint density at radius 2 is 2.00 bits per heavy atom. The summed E-state index contributed by atoms with van der Waals surface area (Å²) in [5.74, 6) is 0.696. The van der Waals surface area contributed by atoms with Gasteiger partial charge < -0.3 is 14.8 Å². The quantitative estimate of drug-likeness (QED) is 0.868. The minimum Gasteiger partial charge on any atom is -0.497 e. The number of aryl methyl sites for hydroxylation is 1. The molecule has 0 saturated carbocycles. The lowest BCUT2D eigenvalue weighted by Gasteiger charge is -2.05. The molecule has 2 N–H and O–H groups in total. The van der Waals surface area contributed by atoms with Crippen LogP contribution in [0.25, 0.3) is 5.69 Å². The van der Waals surface area contributed by atoms with E-state index in [4.69, 9.17) is 4.74 Å². The molecule has 0 unspecified atom stereocenters. The van der Waals surface area contributed by atoms with Crippen molar-refractivity contribution in [2.24, 2.45) is 0 Å². The third-order valence-electron chi connectivity index (χ3n) is 3.05. The molecule has 0 fully saturated rings. The van der Waals surface area contributed by atoms with Gasteiger partial charge in [-0.15, -0.1) is 0 Å². The highest BCUT2D eigenvalue weighted by atomic mass is 16.5. The van der Waals surface area contributed by atoms with Crippen LogP contribution in [0.2, 0.25) is 0 Å². The van der Waals surface area contributed by atoms with Crippen molar-refractivity contribution in [2.75, 3.05) is 7.11 Å². The second-order valence-electron chi connectivity index (χ2n) is 4.37. The Labute approximate surface area is 111 Å². The fourth-order valence-corrected chi connectivity index (χ4v) is 1.97. The van der Waals surface area contributed by atoms with E-state index in [0.717, 1.165) is 12.8 Å². The number of hydrogen-bond donors (Lipinski definition) is 2. The number of benzene rings is 1. The number of ether oxygens (including phenoxy) is 1. The minimum absolute atomic E-state index is 0.0105. The number of nitrogens with zero attached hydrogens (tertiary/aromatic N) is 1. The second-order valence-corrected chi connectivity index (χ2v) is 4.37. The summed E-state index contributed by atoms with van der Waals surface area (Å²) in [6.07, 6.45) is 2.60. The number of hydrogen-bond acceptors (Lipinski definition) is 3. The Morgan fingerprint density at radius 3 is 2.58 bits per heavy atom. The van der Waals surface area contributed by atoms with Crippen LogP contribution in [0.1, 0.15) is 25.5 Å². The lowest BCUT2D eigenvalue weighted by molar-refractivity contribution is 0.414. The van der Waals surface area contributed by atoms with Gasteiger partial charge in [0.25, 0.3) is 0 Å². The Kier molecular flexibility index (Phi) is 3.94. The van der Waals surface area contributed by atoms with E-state index in [0.29, 0.717) is 23.6 Å². The van der Waals surface area contributed by atoms with Crippen molar-refractivity contribution in [1.29, 1.82) is 0 Å². The molecule has 0 aliphatic heterocycles. The number of methoxy groups -OCH3 is 1. The lowest BCUT2D eigenvalue weighted by Crippen LogP contribution is -2.14. The molecular formula is C14H18N2O3. The standard InChI is InChI=1S/C14H18N2O3/c1-3-4-5-12-13(17)16(14(18)15-12)10-6-8-11(19-2)9-7-10/h6-9,17H,3-5H2,1-2H3,(H,15,18). The molecule has 2 aromatic rings. The first kappa shape index (κ1) is 13.3. The summed E-state index contributed by atoms with van der Waals surface area (Å²) < 4.78 is 6.33. The van der Waals surface area contributed by atoms with Gasteiger partial charge in [0.05, 0.1) is 18.5 Å². The Morgan fingerprint density at radius 1 is 1.32 bits per heavy atom. The van der Waals surface area contributed by atoms with Gasteiger partial charge in [0, 0.05) is 0 Å². The number of rotatable bonds is 5. The monoisotopic (exact) mass is 262 g/mol. The number of aromatic hydroxyl groups is 1. The van der Waals surface area contributed by atoms with Gasteiger partial charge in [0.2, 0.25) is 5.88 Å². The van der Waals surface area contributed by atoms with Crippen LogP contribution in [-0.2, 0) is 6.42 Å². The van der Waals surface area contributed by atoms with Gasteiger partial charge in [0.15, 0.2) is 0 Å². The maximum atomic E-state index is 11.9. The molecule has 0 bridgehead atoms. The van der Waals surface area contributed by atoms with Crippen molar-refractivity contribution in [3.05, 3.63) is 40.4 Å². The van der Waals surface area contributed by atoms with Crippen molar-refractivity contribution in [1.82, 2.24) is 9.55 Å². The van der Waals surface area contributed by atoms with E-state index in [1.807, 2.05) is 0 Å². The largest absolute Gasteiger partial charge is 0.497 e. The van der Waals surface area contributed by atoms with Gasteiger partial charge in [-0.3, -0.25) is 0 Å². The molecular weight excluding hydrogens is 244 g/mol. The van der Waals surface area contributed by atoms with Gasteiger partial charge in [-0.1, -0.05) is 13.3 Å². The van der Waals surface area contributed by atoms with Crippen LogP contribution < -0.4 is 10.4 Å². The van der Waals surface area contributed by atoms with Crippen molar-refractivity contribution in [3.63, 3.8) is 0 Å². The third-order valence-corrected chi connectivity index (χ3v) is 3.05. The number of unbranched alkanes of at least 4 members (excludes halogenated alkanes) is 1. The molecule has 1 aromatic carbocycles. The fourth-order valence-electron chi connectivity index (χ4n) is 1.97. The Bertz CT molecular complexity index is 596. The summed E-state index contributed by atoms with van der Waals surface area (Å²) in [6.45, 7) is 2.07. The molecule has 0 aliphatic rings. The molecule has 0 amide bonds. The maximum Gasteiger partial charge on any atom is 0.333 e. The van der Waals surface area contributed by atoms with Crippen LogP contribution in [-0.4, -0.2) is 21.8 Å². The predicted octanol–water partition coefficient (Wildman–Crippen LogP) is 2.22. The zero-order valence-corrected chi connectivity index (χ0v) is 11.1. The average Bonchev–Trinajstić information content (AvgIpc) is 2.71. The molecule has 5 nitrogen and oxygen atoms in total. The first-order valence-corrected chi connectivity index (χ1v) is 6.34. The fraction of sp³-hybridized carbons (Fsp3) is 0.357. The molecule has 0 atom stereocenters. The highest BCUT2D eigenvalue weighted by Gasteiger charge is 2.13. The van der Waals surface area contributed by atoms with Gasteiger partial charge in [-0.2, -0.15) is 0 Å². The van der Waals surface area contributed by atoms with Crippen molar-refractivity contribution in [3.8, 4) is 17.3 Å². The van der Waals surface area contributed by atoms with E-state index >= 15 is 0 Å². The predicted molar refractivity (Wildman–Crippen MR) is 73.2 cm³/mol. The zero-order chi connectivity index (χ0) is 13.8. The summed E-state index contributed by atoms with van der Waals surface area (Å²) in [4.78, 5) is 14.6. The van der Waals surface area contributed by atoms with Crippen LogP contribution in [0.15, 0.2) is 29.1 Å². The summed E-state index contributed by atoms with van der Waals surface area (Å²) in [5, 5.41) is 10.1. The number of aromatic nitrogens is 2. The second kappa shape index (κ2) is 5.65. The van der Waals surface area contributed by atoms with Crippen LogP contribution in [0, 0.1) is 0 Å². The highest BCUT2D eigenvalue weighted by Crippen LogP contribution is 2.21. The molecule has 0 spiro atoms. The number of H-pyrrole nitrogens is 1. The molecule has 1 aromatic heterocycles. The molecule has 2 rings (SSSR count). The van der Waals surface area contributed by atoms with Crippen LogP contribution in [0.3, 0.4) is 0 Å². The van der Waals surface area contributed by atoms with Crippen molar-refractivity contribution >= 4 is 0 Å². The van der Waals surface area contributed by atoms with Gasteiger partial charge >= 0.3 is 5.69 Å². The first-order chi connectivity index (χ1) is 9.17. The normalized spacial score (nSPS) is 10.6. The topological polar surface area (TPSA) is 67.2 Å². The van der Waals surface area contributed by atoms with Crippen molar-refractivity contribution < 1.29 is 9.84 Å². The summed E-state index contributed by atoms with van der Waals surface area (Å²) in [5.41, 5.74) is 0.874. The molecule has 1 heterocycles. The molecule has 0 aliphatic carbocycles. The molecule has 0 radical (unpaired) electrons. The van der Waals surface area contributed by atoms with E-state index in [1.54, 1.807) is 31.4 Å². The zero-order valence-electron chi connectivity index (χ0n) is 11.1. The van der Waals surface area contributed by atoms with Crippen LogP contribution in [0.5, 0.6) is 11.6 Å². The maximum absolute atomic E-state index is 11.9. The highest BCUT2D eigenvalue weighted by molar-refractivity contribution is 5.41. The van der Waals surface area contributed by atoms with E-state index < -0.39 is 0 Å². The van der Waals surface area contributed by atoms with Crippen LogP contribution in [0.4, 0.5) is 0 Å². The number of imidazole rings is 1. The summed E-state index contributed by atoms with van der Waals surface area (Å²) >= 11 is 0.